The van der Waals surface area contributed by atoms with Crippen LogP contribution < -0.4 is 0 Å². The van der Waals surface area contributed by atoms with Crippen molar-refractivity contribution in [1.29, 1.82) is 0 Å². The number of hydrogen-bond acceptors (Lipinski definition) is 3. The number of carbonyl (C=O) groups excluding carboxylic acids is 1. The van der Waals surface area contributed by atoms with Gasteiger partial charge in [-0.15, -0.1) is 0 Å². The molecule has 18 heavy (non-hydrogen) atoms. The maximum absolute atomic E-state index is 12.1. The van der Waals surface area contributed by atoms with Crippen LogP contribution >= 0.6 is 38.3 Å². The van der Waals surface area contributed by atoms with Crippen LogP contribution in [-0.2, 0) is 0 Å². The third-order valence-electron chi connectivity index (χ3n) is 2.75. The van der Waals surface area contributed by atoms with Gasteiger partial charge in [-0.05, 0) is 31.0 Å². The second-order valence-corrected chi connectivity index (χ2v) is 7.11. The molecule has 1 heterocycles. The Hall–Kier alpha value is -0.270. The number of amides is 1. The van der Waals surface area contributed by atoms with Gasteiger partial charge in [-0.2, -0.15) is 0 Å². The van der Waals surface area contributed by atoms with Crippen LogP contribution in [0.25, 0.3) is 0 Å². The van der Waals surface area contributed by atoms with Crippen molar-refractivity contribution in [3.05, 3.63) is 28.8 Å². The van der Waals surface area contributed by atoms with E-state index >= 15 is 0 Å². The maximum Gasteiger partial charge on any atom is 0.274 e. The minimum Gasteiger partial charge on any atom is -0.277 e. The summed E-state index contributed by atoms with van der Waals surface area (Å²) in [7, 11) is -3.18. The third-order valence-corrected chi connectivity index (χ3v) is 5.45. The minimum absolute atomic E-state index is 0.274. The van der Waals surface area contributed by atoms with Crippen LogP contribution in [0.3, 0.4) is 0 Å². The molecule has 1 aromatic rings. The lowest BCUT2D eigenvalue weighted by molar-refractivity contribution is 0.0861. The summed E-state index contributed by atoms with van der Waals surface area (Å²) < 4.78 is 21.5. The van der Waals surface area contributed by atoms with Crippen LogP contribution in [-0.4, -0.2) is 31.2 Å². The maximum atomic E-state index is 12.1. The van der Waals surface area contributed by atoms with Crippen molar-refractivity contribution in [2.75, 3.05) is 11.9 Å². The zero-order valence-electron chi connectivity index (χ0n) is 9.47. The van der Waals surface area contributed by atoms with E-state index in [1.807, 2.05) is 0 Å². The van der Waals surface area contributed by atoms with Gasteiger partial charge in [0.05, 0.1) is 10.5 Å². The lowest BCUT2D eigenvalue weighted by Crippen LogP contribution is -2.28. The van der Waals surface area contributed by atoms with Crippen molar-refractivity contribution in [3.63, 3.8) is 0 Å². The number of unbranched alkanes of at least 4 members (excludes halogenated alkanes) is 1. The first-order valence-corrected chi connectivity index (χ1v) is 8.44. The highest BCUT2D eigenvalue weighted by atomic mass is 79.9. The molecule has 2 N–H and O–H groups in total. The Morgan fingerprint density at radius 1 is 1.33 bits per heavy atom. The summed E-state index contributed by atoms with van der Waals surface area (Å²) in [6.07, 6.45) is 1.59. The summed E-state index contributed by atoms with van der Waals surface area (Å²) in [6, 6.07) is 4.55. The molecule has 100 valence electrons. The third kappa shape index (κ3) is 2.40. The van der Waals surface area contributed by atoms with Crippen LogP contribution in [0.5, 0.6) is 0 Å². The van der Waals surface area contributed by atoms with E-state index in [2.05, 4.69) is 15.9 Å². The summed E-state index contributed by atoms with van der Waals surface area (Å²) in [5, 5.41) is 1.24. The van der Waals surface area contributed by atoms with Gasteiger partial charge in [0.1, 0.15) is 0 Å². The Balaban J connectivity index is 2.29. The van der Waals surface area contributed by atoms with Gasteiger partial charge in [-0.3, -0.25) is 13.9 Å². The standard InChI is InChI=1S/C11H13BrClNO3S/c12-5-1-2-6-14-11(15)9-7-8(13)3-4-10(9)18(14,16)17/h3-4,7,16-17H,1-2,5-6H2. The second kappa shape index (κ2) is 5.38. The molecule has 0 aliphatic carbocycles. The van der Waals surface area contributed by atoms with Gasteiger partial charge in [0.15, 0.2) is 0 Å². The number of halogens is 2. The van der Waals surface area contributed by atoms with E-state index in [-0.39, 0.29) is 10.8 Å². The molecular formula is C11H13BrClNO3S. The molecule has 0 atom stereocenters. The predicted octanol–water partition coefficient (Wildman–Crippen LogP) is 4.00. The van der Waals surface area contributed by atoms with Crippen molar-refractivity contribution >= 4 is 44.2 Å². The van der Waals surface area contributed by atoms with E-state index < -0.39 is 10.8 Å². The van der Waals surface area contributed by atoms with E-state index in [9.17, 15) is 13.9 Å². The van der Waals surface area contributed by atoms with Crippen LogP contribution in [0.2, 0.25) is 5.02 Å². The molecule has 1 aliphatic heterocycles. The molecule has 0 radical (unpaired) electrons. The zero-order chi connectivity index (χ0) is 13.3. The quantitative estimate of drug-likeness (QED) is 0.635. The fraction of sp³-hybridized carbons (Fsp3) is 0.364. The Morgan fingerprint density at radius 3 is 2.72 bits per heavy atom. The van der Waals surface area contributed by atoms with Crippen molar-refractivity contribution in [2.45, 2.75) is 17.7 Å². The number of hydrogen-bond donors (Lipinski definition) is 2. The first-order chi connectivity index (χ1) is 8.48. The van der Waals surface area contributed by atoms with Gasteiger partial charge < -0.3 is 0 Å². The molecule has 0 unspecified atom stereocenters. The van der Waals surface area contributed by atoms with Gasteiger partial charge >= 0.3 is 0 Å². The molecule has 7 heteroatoms. The van der Waals surface area contributed by atoms with Gasteiger partial charge in [0, 0.05) is 16.9 Å². The molecule has 1 aliphatic rings. The predicted molar refractivity (Wildman–Crippen MR) is 76.6 cm³/mol. The Bertz CT molecular complexity index is 483. The van der Waals surface area contributed by atoms with E-state index in [4.69, 9.17) is 11.6 Å². The van der Waals surface area contributed by atoms with Crippen LogP contribution in [0, 0.1) is 0 Å². The number of carbonyl (C=O) groups is 1. The first-order valence-electron chi connectivity index (χ1n) is 5.44. The van der Waals surface area contributed by atoms with Crippen molar-refractivity contribution < 1.29 is 13.9 Å². The molecule has 0 saturated carbocycles. The van der Waals surface area contributed by atoms with E-state index in [0.29, 0.717) is 23.6 Å². The van der Waals surface area contributed by atoms with Crippen molar-refractivity contribution in [3.8, 4) is 0 Å². The molecule has 0 aromatic heterocycles. The largest absolute Gasteiger partial charge is 0.277 e. The highest BCUT2D eigenvalue weighted by Gasteiger charge is 2.40. The van der Waals surface area contributed by atoms with Gasteiger partial charge in [0.2, 0.25) is 0 Å². The Morgan fingerprint density at radius 2 is 2.06 bits per heavy atom. The fourth-order valence-corrected chi connectivity index (χ4v) is 4.07. The molecule has 1 aromatic carbocycles. The number of nitrogens with zero attached hydrogens (tertiary/aromatic N) is 1. The SMILES string of the molecule is O=C1c2cc(Cl)ccc2S(O)(O)N1CCCCBr. The molecule has 0 saturated heterocycles. The normalized spacial score (nSPS) is 18.9. The first kappa shape index (κ1) is 14.1. The van der Waals surface area contributed by atoms with E-state index in [1.165, 1.54) is 12.1 Å². The number of alkyl halides is 1. The summed E-state index contributed by atoms with van der Waals surface area (Å²) in [5.41, 5.74) is 0.293. The summed E-state index contributed by atoms with van der Waals surface area (Å²) >= 11 is 9.13. The molecule has 2 rings (SSSR count). The minimum atomic E-state index is -3.18. The topological polar surface area (TPSA) is 60.8 Å². The summed E-state index contributed by atoms with van der Waals surface area (Å²) in [6.45, 7) is 0.332. The number of benzene rings is 1. The highest BCUT2D eigenvalue weighted by Crippen LogP contribution is 2.58. The Labute approximate surface area is 121 Å². The van der Waals surface area contributed by atoms with Crippen LogP contribution in [0.15, 0.2) is 23.1 Å². The summed E-state index contributed by atoms with van der Waals surface area (Å²) in [5.74, 6) is -0.359. The number of fused-ring (bicyclic) bond motifs is 1. The molecule has 0 spiro atoms. The zero-order valence-corrected chi connectivity index (χ0v) is 12.6. The van der Waals surface area contributed by atoms with E-state index in [0.717, 1.165) is 16.1 Å². The Kier molecular flexibility index (Phi) is 4.23. The molecule has 0 fully saturated rings. The lowest BCUT2D eigenvalue weighted by atomic mass is 10.2. The van der Waals surface area contributed by atoms with Crippen LogP contribution in [0.1, 0.15) is 23.2 Å². The molecule has 0 bridgehead atoms. The second-order valence-electron chi connectivity index (χ2n) is 3.96. The highest BCUT2D eigenvalue weighted by molar-refractivity contribution is 9.09. The molecular weight excluding hydrogens is 342 g/mol. The number of rotatable bonds is 4. The summed E-state index contributed by atoms with van der Waals surface area (Å²) in [4.78, 5) is 12.4. The van der Waals surface area contributed by atoms with Gasteiger partial charge in [-0.1, -0.05) is 38.3 Å². The van der Waals surface area contributed by atoms with Crippen molar-refractivity contribution in [2.24, 2.45) is 0 Å². The molecule has 1 amide bonds. The monoisotopic (exact) mass is 353 g/mol. The van der Waals surface area contributed by atoms with Crippen molar-refractivity contribution in [1.82, 2.24) is 4.31 Å². The average molecular weight is 355 g/mol. The molecule has 4 nitrogen and oxygen atoms in total. The van der Waals surface area contributed by atoms with Gasteiger partial charge in [0.25, 0.3) is 5.91 Å². The van der Waals surface area contributed by atoms with Crippen LogP contribution in [0.4, 0.5) is 0 Å². The van der Waals surface area contributed by atoms with E-state index in [1.54, 1.807) is 6.07 Å². The smallest absolute Gasteiger partial charge is 0.274 e. The van der Waals surface area contributed by atoms with Gasteiger partial charge in [-0.25, -0.2) is 4.31 Å². The lowest BCUT2D eigenvalue weighted by Gasteiger charge is -2.36. The fourth-order valence-electron chi connectivity index (χ4n) is 1.86. The average Bonchev–Trinajstić information content (AvgIpc) is 2.50.